The number of halogens is 3. The van der Waals surface area contributed by atoms with Crippen molar-refractivity contribution in [1.82, 2.24) is 0 Å². The minimum atomic E-state index is -0.474. The third-order valence-corrected chi connectivity index (χ3v) is 6.14. The molecule has 2 aliphatic carbocycles. The van der Waals surface area contributed by atoms with Crippen LogP contribution in [0.4, 0.5) is 0 Å². The van der Waals surface area contributed by atoms with Gasteiger partial charge in [0.25, 0.3) is 0 Å². The van der Waals surface area contributed by atoms with Crippen LogP contribution in [-0.4, -0.2) is 21.2 Å². The number of hydrogen-bond acceptors (Lipinski definition) is 2. The van der Waals surface area contributed by atoms with Crippen molar-refractivity contribution in [2.24, 2.45) is 21.7 Å². The van der Waals surface area contributed by atoms with E-state index in [-0.39, 0.29) is 20.8 Å². The zero-order chi connectivity index (χ0) is 15.8. The molecule has 0 unspecified atom stereocenters. The normalized spacial score (nSPS) is 38.8. The van der Waals surface area contributed by atoms with Gasteiger partial charge in [0.15, 0.2) is 4.63 Å². The van der Waals surface area contributed by atoms with Crippen molar-refractivity contribution >= 4 is 39.4 Å². The second-order valence-corrected chi connectivity index (χ2v) is 8.38. The summed E-state index contributed by atoms with van der Waals surface area (Å²) in [4.78, 5) is 3.86. The first kappa shape index (κ1) is 17.3. The van der Waals surface area contributed by atoms with E-state index >= 15 is 0 Å². The molecule has 0 radical (unpaired) electrons. The van der Waals surface area contributed by atoms with Gasteiger partial charge in [-0.2, -0.15) is 0 Å². The maximum absolute atomic E-state index is 10.3. The topological polar surface area (TPSA) is 32.6 Å². The average Bonchev–Trinajstić information content (AvgIpc) is 2.35. The molecule has 0 aromatic carbocycles. The summed E-state index contributed by atoms with van der Waals surface area (Å²) in [6, 6.07) is 0. The first-order valence-electron chi connectivity index (χ1n) is 7.26. The Kier molecular flexibility index (Phi) is 5.15. The lowest BCUT2D eigenvalue weighted by Gasteiger charge is -2.55. The van der Waals surface area contributed by atoms with Crippen molar-refractivity contribution in [2.45, 2.75) is 51.5 Å². The van der Waals surface area contributed by atoms with Crippen molar-refractivity contribution in [3.05, 3.63) is 23.9 Å². The van der Waals surface area contributed by atoms with E-state index in [4.69, 9.17) is 34.8 Å². The van der Waals surface area contributed by atoms with Gasteiger partial charge in [0.05, 0.1) is 11.5 Å². The standard InChI is InChI=1S/C16H22Cl3NO/c1-15(2)12-5-4-10(6-7-20-14(18)19)8-16(12,3)9-11(21)13(15)17/h6-8,11-13,21H,4-5,9H2,1-3H3/t11-,12-,13-,16-/m0/s1. The Morgan fingerprint density at radius 3 is 2.67 bits per heavy atom. The third-order valence-electron chi connectivity index (χ3n) is 5.09. The predicted molar refractivity (Wildman–Crippen MR) is 91.2 cm³/mol. The van der Waals surface area contributed by atoms with E-state index in [0.717, 1.165) is 12.8 Å². The average molecular weight is 351 g/mol. The van der Waals surface area contributed by atoms with Gasteiger partial charge in [-0.25, -0.2) is 4.99 Å². The van der Waals surface area contributed by atoms with Crippen LogP contribution in [0, 0.1) is 16.7 Å². The quantitative estimate of drug-likeness (QED) is 0.547. The molecule has 21 heavy (non-hydrogen) atoms. The van der Waals surface area contributed by atoms with Gasteiger partial charge in [-0.05, 0) is 70.9 Å². The first-order chi connectivity index (χ1) is 9.67. The predicted octanol–water partition coefficient (Wildman–Crippen LogP) is 5.07. The van der Waals surface area contributed by atoms with E-state index in [1.165, 1.54) is 5.57 Å². The summed E-state index contributed by atoms with van der Waals surface area (Å²) >= 11 is 17.5. The van der Waals surface area contributed by atoms with Crippen LogP contribution in [0.3, 0.4) is 0 Å². The summed E-state index contributed by atoms with van der Waals surface area (Å²) in [5.41, 5.74) is 1.08. The van der Waals surface area contributed by atoms with Crippen molar-refractivity contribution in [3.63, 3.8) is 0 Å². The summed E-state index contributed by atoms with van der Waals surface area (Å²) in [7, 11) is 0. The Morgan fingerprint density at radius 1 is 1.38 bits per heavy atom. The van der Waals surface area contributed by atoms with E-state index in [2.05, 4.69) is 31.8 Å². The summed E-state index contributed by atoms with van der Waals surface area (Å²) in [5.74, 6) is 0.466. The molecule has 5 heteroatoms. The molecule has 118 valence electrons. The van der Waals surface area contributed by atoms with Gasteiger partial charge in [0.2, 0.25) is 0 Å². The number of fused-ring (bicyclic) bond motifs is 1. The molecule has 0 heterocycles. The Hall–Kier alpha value is -0.0200. The second kappa shape index (κ2) is 6.23. The van der Waals surface area contributed by atoms with Crippen LogP contribution in [0.25, 0.3) is 0 Å². The van der Waals surface area contributed by atoms with Crippen molar-refractivity contribution in [3.8, 4) is 0 Å². The highest BCUT2D eigenvalue weighted by Crippen LogP contribution is 2.57. The Bertz CT molecular complexity index is 494. The number of nitrogens with zero attached hydrogens (tertiary/aromatic N) is 1. The molecule has 2 aliphatic rings. The van der Waals surface area contributed by atoms with Crippen molar-refractivity contribution in [2.75, 3.05) is 0 Å². The van der Waals surface area contributed by atoms with Crippen LogP contribution in [0.2, 0.25) is 0 Å². The highest BCUT2D eigenvalue weighted by atomic mass is 35.5. The molecular weight excluding hydrogens is 329 g/mol. The molecule has 2 nitrogen and oxygen atoms in total. The van der Waals surface area contributed by atoms with E-state index in [0.29, 0.717) is 12.3 Å². The smallest absolute Gasteiger partial charge is 0.196 e. The van der Waals surface area contributed by atoms with E-state index in [1.54, 1.807) is 6.20 Å². The lowest BCUT2D eigenvalue weighted by atomic mass is 9.52. The monoisotopic (exact) mass is 349 g/mol. The third kappa shape index (κ3) is 3.50. The number of aliphatic hydroxyl groups excluding tert-OH is 1. The molecule has 0 aromatic rings. The van der Waals surface area contributed by atoms with Crippen LogP contribution in [0.5, 0.6) is 0 Å². The molecule has 1 fully saturated rings. The van der Waals surface area contributed by atoms with Gasteiger partial charge in [-0.15, -0.1) is 11.6 Å². The summed E-state index contributed by atoms with van der Waals surface area (Å²) in [6.07, 6.45) is 8.11. The van der Waals surface area contributed by atoms with Gasteiger partial charge in [-0.3, -0.25) is 0 Å². The Balaban J connectivity index is 2.28. The molecule has 0 saturated heterocycles. The molecular formula is C16H22Cl3NO. The molecule has 1 N–H and O–H groups in total. The molecule has 4 atom stereocenters. The highest BCUT2D eigenvalue weighted by Gasteiger charge is 2.54. The van der Waals surface area contributed by atoms with Gasteiger partial charge in [0, 0.05) is 6.20 Å². The largest absolute Gasteiger partial charge is 0.392 e. The number of aliphatic hydroxyl groups is 1. The van der Waals surface area contributed by atoms with Crippen molar-refractivity contribution in [1.29, 1.82) is 0 Å². The SMILES string of the molecule is CC1(C)[C@@H](Cl)[C@@H](O)C[C@]2(C)C=C(C=CN=C(Cl)Cl)CC[C@@H]12. The molecule has 0 aromatic heterocycles. The maximum Gasteiger partial charge on any atom is 0.196 e. The first-order valence-corrected chi connectivity index (χ1v) is 8.45. The van der Waals surface area contributed by atoms with E-state index in [9.17, 15) is 5.11 Å². The number of hydrogen-bond donors (Lipinski definition) is 1. The van der Waals surface area contributed by atoms with Crippen LogP contribution in [-0.2, 0) is 0 Å². The molecule has 0 spiro atoms. The van der Waals surface area contributed by atoms with Crippen molar-refractivity contribution < 1.29 is 5.11 Å². The van der Waals surface area contributed by atoms with Gasteiger partial charge in [-0.1, -0.05) is 26.8 Å². The summed E-state index contributed by atoms with van der Waals surface area (Å²) in [6.45, 7) is 6.56. The molecule has 0 amide bonds. The van der Waals surface area contributed by atoms with Gasteiger partial charge in [0.1, 0.15) is 0 Å². The highest BCUT2D eigenvalue weighted by molar-refractivity contribution is 6.95. The molecule has 0 aliphatic heterocycles. The number of rotatable bonds is 2. The minimum absolute atomic E-state index is 0.00551. The van der Waals surface area contributed by atoms with Crippen LogP contribution in [0.15, 0.2) is 28.9 Å². The van der Waals surface area contributed by atoms with E-state index in [1.807, 2.05) is 6.08 Å². The zero-order valence-corrected chi connectivity index (χ0v) is 14.9. The van der Waals surface area contributed by atoms with Crippen LogP contribution < -0.4 is 0 Å². The number of allylic oxidation sites excluding steroid dienone is 3. The Labute approximate surface area is 141 Å². The fourth-order valence-corrected chi connectivity index (χ4v) is 4.58. The van der Waals surface area contributed by atoms with Crippen LogP contribution >= 0.6 is 34.8 Å². The van der Waals surface area contributed by atoms with E-state index < -0.39 is 6.10 Å². The fourth-order valence-electron chi connectivity index (χ4n) is 4.22. The van der Waals surface area contributed by atoms with Gasteiger partial charge < -0.3 is 5.11 Å². The summed E-state index contributed by atoms with van der Waals surface area (Å²) in [5, 5.41) is 10.1. The second-order valence-electron chi connectivity index (χ2n) is 7.00. The number of alkyl halides is 1. The fraction of sp³-hybridized carbons (Fsp3) is 0.688. The summed E-state index contributed by atoms with van der Waals surface area (Å²) < 4.78 is 0.00551. The molecule has 1 saturated carbocycles. The number of aliphatic imine (C=N–C) groups is 1. The lowest BCUT2D eigenvalue weighted by molar-refractivity contribution is -0.0477. The van der Waals surface area contributed by atoms with Crippen LogP contribution in [0.1, 0.15) is 40.0 Å². The lowest BCUT2D eigenvalue weighted by Crippen LogP contribution is -2.54. The molecule has 0 bridgehead atoms. The Morgan fingerprint density at radius 2 is 2.05 bits per heavy atom. The van der Waals surface area contributed by atoms with Gasteiger partial charge >= 0.3 is 0 Å². The zero-order valence-electron chi connectivity index (χ0n) is 12.6. The maximum atomic E-state index is 10.3. The molecule has 2 rings (SSSR count). The minimum Gasteiger partial charge on any atom is -0.392 e.